The van der Waals surface area contributed by atoms with E-state index < -0.39 is 11.7 Å². The number of fused-ring (bicyclic) bond motifs is 1. The van der Waals surface area contributed by atoms with E-state index in [2.05, 4.69) is 10.1 Å². The number of nitrogens with zero attached hydrogens (tertiary/aromatic N) is 4. The number of halogens is 3. The van der Waals surface area contributed by atoms with Crippen LogP contribution in [0.1, 0.15) is 29.0 Å². The zero-order chi connectivity index (χ0) is 20.1. The van der Waals surface area contributed by atoms with Gasteiger partial charge >= 0.3 is 25.0 Å². The van der Waals surface area contributed by atoms with Crippen LogP contribution in [-0.4, -0.2) is 27.2 Å². The van der Waals surface area contributed by atoms with E-state index in [1.165, 1.54) is 29.3 Å². The van der Waals surface area contributed by atoms with Crippen LogP contribution in [0.2, 0.25) is 0 Å². The van der Waals surface area contributed by atoms with Crippen molar-refractivity contribution >= 4 is 17.4 Å². The fourth-order valence-electron chi connectivity index (χ4n) is 3.32. The molecule has 1 atom stereocenters. The van der Waals surface area contributed by atoms with Crippen LogP contribution < -0.4 is 23.8 Å². The Morgan fingerprint density at radius 1 is 1.17 bits per heavy atom. The summed E-state index contributed by atoms with van der Waals surface area (Å²) in [6.45, 7) is 2.17. The Labute approximate surface area is 176 Å². The van der Waals surface area contributed by atoms with Gasteiger partial charge in [0, 0.05) is 17.8 Å². The number of carbonyl (C=O) groups is 1. The summed E-state index contributed by atoms with van der Waals surface area (Å²) in [6.07, 6.45) is -1.39. The Balaban J connectivity index is 0.00000240. The maximum Gasteiger partial charge on any atom is 1.00 e. The summed E-state index contributed by atoms with van der Waals surface area (Å²) in [5.41, 5.74) is 8.84. The molecule has 1 N–H and O–H groups in total. The standard InChI is InChI=1S/C19H15F3N5O.Li/c1-11-10-26(14-4-2-13(3-5-14)19(20,21)22)18(28)17-15(9-25-27(11)17)12-6-7-24-16(23)8-12;/h2-9,11H,10H2,1H3,(H-,23,24);/q-1;+1/t11-;/m0./s1. The van der Waals surface area contributed by atoms with E-state index in [-0.39, 0.29) is 36.6 Å². The fraction of sp³-hybridized carbons (Fsp3) is 0.211. The van der Waals surface area contributed by atoms with E-state index >= 15 is 0 Å². The number of rotatable bonds is 2. The summed E-state index contributed by atoms with van der Waals surface area (Å²) >= 11 is 0. The SMILES string of the molecule is C[C@H]1CN(c2ccc(C(F)(F)F)cc2)C(=O)c2c(-c3ccnc([NH-])c3)cnn21.[Li+]. The van der Waals surface area contributed by atoms with Gasteiger partial charge in [-0.05, 0) is 36.8 Å². The third-order valence-corrected chi connectivity index (χ3v) is 4.68. The predicted octanol–water partition coefficient (Wildman–Crippen LogP) is 1.87. The summed E-state index contributed by atoms with van der Waals surface area (Å²) in [7, 11) is 0. The van der Waals surface area contributed by atoms with Crippen LogP contribution in [0, 0.1) is 0 Å². The van der Waals surface area contributed by atoms with Gasteiger partial charge < -0.3 is 15.6 Å². The summed E-state index contributed by atoms with van der Waals surface area (Å²) in [5.74, 6) is -0.290. The monoisotopic (exact) mass is 393 g/mol. The fourth-order valence-corrected chi connectivity index (χ4v) is 3.32. The first-order chi connectivity index (χ1) is 13.3. The second-order valence-corrected chi connectivity index (χ2v) is 6.59. The van der Waals surface area contributed by atoms with E-state index in [1.807, 2.05) is 6.92 Å². The molecule has 144 valence electrons. The molecule has 2 aromatic heterocycles. The molecule has 1 amide bonds. The van der Waals surface area contributed by atoms with Gasteiger partial charge in [-0.3, -0.25) is 9.48 Å². The zero-order valence-corrected chi connectivity index (χ0v) is 15.7. The van der Waals surface area contributed by atoms with Crippen molar-refractivity contribution in [3.05, 3.63) is 65.8 Å². The van der Waals surface area contributed by atoms with Gasteiger partial charge in [0.05, 0.1) is 17.8 Å². The number of nitrogens with one attached hydrogen (secondary N) is 1. The number of anilines is 1. The quantitative estimate of drug-likeness (QED) is 0.624. The van der Waals surface area contributed by atoms with E-state index in [1.54, 1.807) is 16.9 Å². The van der Waals surface area contributed by atoms with Gasteiger partial charge in [0.25, 0.3) is 5.91 Å². The molecule has 0 aliphatic carbocycles. The van der Waals surface area contributed by atoms with Crippen molar-refractivity contribution in [3.8, 4) is 11.1 Å². The van der Waals surface area contributed by atoms with E-state index in [9.17, 15) is 18.0 Å². The number of hydrogen-bond acceptors (Lipinski definition) is 3. The van der Waals surface area contributed by atoms with Gasteiger partial charge in [0.15, 0.2) is 0 Å². The molecular weight excluding hydrogens is 378 g/mol. The normalized spacial score (nSPS) is 16.3. The summed E-state index contributed by atoms with van der Waals surface area (Å²) in [4.78, 5) is 18.5. The molecule has 10 heteroatoms. The summed E-state index contributed by atoms with van der Waals surface area (Å²) in [6, 6.07) is 7.59. The van der Waals surface area contributed by atoms with Crippen LogP contribution in [0.3, 0.4) is 0 Å². The van der Waals surface area contributed by atoms with Gasteiger partial charge in [-0.25, -0.2) is 0 Å². The molecule has 0 fully saturated rings. The second-order valence-electron chi connectivity index (χ2n) is 6.59. The third-order valence-electron chi connectivity index (χ3n) is 4.68. The number of pyridine rings is 1. The molecule has 3 heterocycles. The first-order valence-corrected chi connectivity index (χ1v) is 8.50. The van der Waals surface area contributed by atoms with Crippen molar-refractivity contribution in [2.24, 2.45) is 0 Å². The summed E-state index contributed by atoms with van der Waals surface area (Å²) < 4.78 is 40.1. The van der Waals surface area contributed by atoms with Crippen LogP contribution in [0.5, 0.6) is 0 Å². The van der Waals surface area contributed by atoms with Crippen molar-refractivity contribution in [2.45, 2.75) is 19.1 Å². The Morgan fingerprint density at radius 3 is 2.48 bits per heavy atom. The number of aromatic nitrogens is 3. The first kappa shape index (κ1) is 21.0. The maximum atomic E-state index is 13.2. The maximum absolute atomic E-state index is 13.2. The zero-order valence-electron chi connectivity index (χ0n) is 15.7. The first-order valence-electron chi connectivity index (χ1n) is 8.50. The molecule has 29 heavy (non-hydrogen) atoms. The second kappa shape index (κ2) is 7.58. The van der Waals surface area contributed by atoms with Crippen molar-refractivity contribution in [3.63, 3.8) is 0 Å². The molecule has 1 aliphatic rings. The predicted molar refractivity (Wildman–Crippen MR) is 97.3 cm³/mol. The topological polar surface area (TPSA) is 74.8 Å². The number of carbonyl (C=O) groups excluding carboxylic acids is 1. The van der Waals surface area contributed by atoms with E-state index in [4.69, 9.17) is 5.73 Å². The molecule has 3 aromatic rings. The van der Waals surface area contributed by atoms with Gasteiger partial charge in [0.1, 0.15) is 5.69 Å². The van der Waals surface area contributed by atoms with Crippen LogP contribution in [0.25, 0.3) is 16.9 Å². The van der Waals surface area contributed by atoms with Crippen molar-refractivity contribution in [1.29, 1.82) is 0 Å². The minimum Gasteiger partial charge on any atom is -0.482 e. The van der Waals surface area contributed by atoms with Gasteiger partial charge in [0.2, 0.25) is 0 Å². The minimum absolute atomic E-state index is 0. The van der Waals surface area contributed by atoms with Gasteiger partial charge in [-0.2, -0.15) is 18.3 Å². The molecular formula is C19H15F3LiN5O. The average Bonchev–Trinajstić information content (AvgIpc) is 3.10. The van der Waals surface area contributed by atoms with Crippen LogP contribution in [0.4, 0.5) is 24.7 Å². The number of alkyl halides is 3. The third kappa shape index (κ3) is 3.76. The molecule has 0 unspecified atom stereocenters. The molecule has 1 aliphatic heterocycles. The molecule has 0 spiro atoms. The number of amides is 1. The molecule has 6 nitrogen and oxygen atoms in total. The van der Waals surface area contributed by atoms with Crippen LogP contribution in [0.15, 0.2) is 48.8 Å². The molecule has 0 saturated carbocycles. The Bertz CT molecular complexity index is 1050. The summed E-state index contributed by atoms with van der Waals surface area (Å²) in [5, 5.41) is 4.31. The van der Waals surface area contributed by atoms with Gasteiger partial charge in [-0.15, -0.1) is 0 Å². The Kier molecular flexibility index (Phi) is 5.48. The minimum atomic E-state index is -4.43. The molecule has 0 radical (unpaired) electrons. The van der Waals surface area contributed by atoms with Crippen LogP contribution in [-0.2, 0) is 6.18 Å². The van der Waals surface area contributed by atoms with E-state index in [0.29, 0.717) is 29.1 Å². The number of benzene rings is 1. The molecule has 0 saturated heterocycles. The molecule has 4 rings (SSSR count). The number of hydrogen-bond donors (Lipinski definition) is 0. The van der Waals surface area contributed by atoms with Crippen molar-refractivity contribution < 1.29 is 36.8 Å². The Hall–Kier alpha value is -2.76. The van der Waals surface area contributed by atoms with E-state index in [0.717, 1.165) is 12.1 Å². The Morgan fingerprint density at radius 2 is 1.86 bits per heavy atom. The smallest absolute Gasteiger partial charge is 0.482 e. The average molecular weight is 393 g/mol. The molecule has 1 aromatic carbocycles. The van der Waals surface area contributed by atoms with Gasteiger partial charge in [-0.1, -0.05) is 24.1 Å². The molecule has 0 bridgehead atoms. The van der Waals surface area contributed by atoms with Crippen LogP contribution >= 0.6 is 0 Å². The largest absolute Gasteiger partial charge is 1.00 e. The van der Waals surface area contributed by atoms with Crippen molar-refractivity contribution in [2.75, 3.05) is 11.4 Å². The van der Waals surface area contributed by atoms with Crippen molar-refractivity contribution in [1.82, 2.24) is 14.8 Å².